The predicted molar refractivity (Wildman–Crippen MR) is 81.4 cm³/mol. The molecule has 0 spiro atoms. The van der Waals surface area contributed by atoms with E-state index in [2.05, 4.69) is 12.2 Å². The third-order valence-electron chi connectivity index (χ3n) is 5.03. The van der Waals surface area contributed by atoms with E-state index in [1.165, 1.54) is 70.8 Å². The summed E-state index contributed by atoms with van der Waals surface area (Å²) in [5, 5.41) is 3.72. The summed E-state index contributed by atoms with van der Waals surface area (Å²) in [6, 6.07) is 0.776. The highest BCUT2D eigenvalue weighted by molar-refractivity contribution is 4.82. The van der Waals surface area contributed by atoms with Crippen LogP contribution in [0.1, 0.15) is 71.1 Å². The van der Waals surface area contributed by atoms with E-state index in [9.17, 15) is 0 Å². The van der Waals surface area contributed by atoms with Gasteiger partial charge >= 0.3 is 0 Å². The maximum atomic E-state index is 5.96. The van der Waals surface area contributed by atoms with Crippen molar-refractivity contribution in [2.24, 2.45) is 11.8 Å². The molecule has 19 heavy (non-hydrogen) atoms. The maximum absolute atomic E-state index is 5.96. The van der Waals surface area contributed by atoms with Crippen LogP contribution >= 0.6 is 0 Å². The lowest BCUT2D eigenvalue weighted by molar-refractivity contribution is 0.0741. The van der Waals surface area contributed by atoms with E-state index < -0.39 is 0 Å². The van der Waals surface area contributed by atoms with E-state index in [4.69, 9.17) is 4.74 Å². The third-order valence-corrected chi connectivity index (χ3v) is 5.03. The predicted octanol–water partition coefficient (Wildman–Crippen LogP) is 4.14. The van der Waals surface area contributed by atoms with Crippen LogP contribution in [0.25, 0.3) is 0 Å². The summed E-state index contributed by atoms with van der Waals surface area (Å²) in [6.07, 6.45) is 13.8. The molecule has 112 valence electrons. The van der Waals surface area contributed by atoms with E-state index in [1.807, 2.05) is 0 Å². The first-order chi connectivity index (χ1) is 9.40. The maximum Gasteiger partial charge on any atom is 0.0494 e. The van der Waals surface area contributed by atoms with Gasteiger partial charge in [-0.15, -0.1) is 0 Å². The van der Waals surface area contributed by atoms with Gasteiger partial charge in [0, 0.05) is 19.3 Å². The van der Waals surface area contributed by atoms with Crippen molar-refractivity contribution in [1.82, 2.24) is 5.32 Å². The van der Waals surface area contributed by atoms with E-state index in [0.717, 1.165) is 31.1 Å². The molecule has 0 aromatic rings. The number of nitrogens with one attached hydrogen (secondary N) is 1. The van der Waals surface area contributed by atoms with Crippen molar-refractivity contribution in [3.8, 4) is 0 Å². The van der Waals surface area contributed by atoms with Gasteiger partial charge in [0.15, 0.2) is 0 Å². The van der Waals surface area contributed by atoms with Crippen molar-refractivity contribution in [3.05, 3.63) is 0 Å². The quantitative estimate of drug-likeness (QED) is 0.667. The Hall–Kier alpha value is -0.0800. The standard InChI is InChI=1S/C17H33NO/c1-2-12-18-17-10-6-9-16(17)11-13-19-14-15-7-4-3-5-8-15/h15-18H,2-14H2,1H3. The van der Waals surface area contributed by atoms with Gasteiger partial charge in [0.25, 0.3) is 0 Å². The summed E-state index contributed by atoms with van der Waals surface area (Å²) in [5.74, 6) is 1.74. The van der Waals surface area contributed by atoms with Crippen LogP contribution in [0.15, 0.2) is 0 Å². The zero-order valence-electron chi connectivity index (χ0n) is 12.8. The second kappa shape index (κ2) is 8.97. The summed E-state index contributed by atoms with van der Waals surface area (Å²) < 4.78 is 5.96. The Labute approximate surface area is 119 Å². The highest BCUT2D eigenvalue weighted by Gasteiger charge is 2.26. The minimum atomic E-state index is 0.776. The SMILES string of the molecule is CCCNC1CCCC1CCOCC1CCCCC1. The highest BCUT2D eigenvalue weighted by Crippen LogP contribution is 2.29. The van der Waals surface area contributed by atoms with E-state index in [0.29, 0.717) is 0 Å². The molecule has 2 aliphatic rings. The molecule has 2 unspecified atom stereocenters. The van der Waals surface area contributed by atoms with Crippen molar-refractivity contribution in [3.63, 3.8) is 0 Å². The zero-order valence-corrected chi connectivity index (χ0v) is 12.8. The molecule has 2 nitrogen and oxygen atoms in total. The lowest BCUT2D eigenvalue weighted by Crippen LogP contribution is -2.33. The first-order valence-corrected chi connectivity index (χ1v) is 8.71. The molecule has 2 heteroatoms. The summed E-state index contributed by atoms with van der Waals surface area (Å²) in [6.45, 7) is 5.46. The lowest BCUT2D eigenvalue weighted by Gasteiger charge is -2.23. The third kappa shape index (κ3) is 5.43. The summed E-state index contributed by atoms with van der Waals surface area (Å²) in [7, 11) is 0. The van der Waals surface area contributed by atoms with Gasteiger partial charge in [-0.1, -0.05) is 32.6 Å². The van der Waals surface area contributed by atoms with Gasteiger partial charge in [-0.3, -0.25) is 0 Å². The van der Waals surface area contributed by atoms with Crippen molar-refractivity contribution in [2.45, 2.75) is 77.2 Å². The molecule has 0 aromatic heterocycles. The molecule has 0 saturated heterocycles. The Kier molecular flexibility index (Phi) is 7.23. The Balaban J connectivity index is 1.54. The number of hydrogen-bond donors (Lipinski definition) is 1. The van der Waals surface area contributed by atoms with Gasteiger partial charge in [0.1, 0.15) is 0 Å². The number of ether oxygens (including phenoxy) is 1. The average Bonchev–Trinajstić information content (AvgIpc) is 2.90. The van der Waals surface area contributed by atoms with Crippen LogP contribution in [0.3, 0.4) is 0 Å². The van der Waals surface area contributed by atoms with Crippen LogP contribution in [-0.2, 0) is 4.74 Å². The fraction of sp³-hybridized carbons (Fsp3) is 1.00. The number of hydrogen-bond acceptors (Lipinski definition) is 2. The molecule has 2 fully saturated rings. The smallest absolute Gasteiger partial charge is 0.0494 e. The molecule has 0 aromatic carbocycles. The molecule has 0 heterocycles. The Morgan fingerprint density at radius 2 is 1.84 bits per heavy atom. The second-order valence-corrected chi connectivity index (χ2v) is 6.62. The molecule has 1 N–H and O–H groups in total. The van der Waals surface area contributed by atoms with Gasteiger partial charge in [-0.05, 0) is 56.9 Å². The average molecular weight is 267 g/mol. The zero-order chi connectivity index (χ0) is 13.3. The van der Waals surface area contributed by atoms with Crippen LogP contribution in [0.4, 0.5) is 0 Å². The molecule has 0 amide bonds. The Morgan fingerprint density at radius 1 is 1.00 bits per heavy atom. The van der Waals surface area contributed by atoms with E-state index >= 15 is 0 Å². The van der Waals surface area contributed by atoms with Crippen molar-refractivity contribution >= 4 is 0 Å². The second-order valence-electron chi connectivity index (χ2n) is 6.62. The first kappa shape index (κ1) is 15.3. The Bertz CT molecular complexity index is 225. The van der Waals surface area contributed by atoms with Gasteiger partial charge in [-0.25, -0.2) is 0 Å². The summed E-state index contributed by atoms with van der Waals surface area (Å²) in [4.78, 5) is 0. The summed E-state index contributed by atoms with van der Waals surface area (Å²) in [5.41, 5.74) is 0. The first-order valence-electron chi connectivity index (χ1n) is 8.71. The van der Waals surface area contributed by atoms with Crippen LogP contribution in [0.2, 0.25) is 0 Å². The molecule has 2 atom stereocenters. The molecular weight excluding hydrogens is 234 g/mol. The van der Waals surface area contributed by atoms with E-state index in [-0.39, 0.29) is 0 Å². The van der Waals surface area contributed by atoms with Crippen LogP contribution in [0.5, 0.6) is 0 Å². The molecule has 2 rings (SSSR count). The molecule has 0 radical (unpaired) electrons. The molecule has 2 saturated carbocycles. The van der Waals surface area contributed by atoms with Crippen molar-refractivity contribution in [1.29, 1.82) is 0 Å². The molecular formula is C17H33NO. The van der Waals surface area contributed by atoms with Gasteiger partial charge in [0.05, 0.1) is 0 Å². The van der Waals surface area contributed by atoms with Crippen LogP contribution < -0.4 is 5.32 Å². The topological polar surface area (TPSA) is 21.3 Å². The van der Waals surface area contributed by atoms with E-state index in [1.54, 1.807) is 0 Å². The molecule has 0 bridgehead atoms. The minimum Gasteiger partial charge on any atom is -0.381 e. The normalized spacial score (nSPS) is 28.9. The number of rotatable bonds is 8. The van der Waals surface area contributed by atoms with Gasteiger partial charge < -0.3 is 10.1 Å². The van der Waals surface area contributed by atoms with Crippen LogP contribution in [0, 0.1) is 11.8 Å². The lowest BCUT2D eigenvalue weighted by atomic mass is 9.90. The fourth-order valence-corrected chi connectivity index (χ4v) is 3.82. The fourth-order valence-electron chi connectivity index (χ4n) is 3.82. The summed E-state index contributed by atoms with van der Waals surface area (Å²) >= 11 is 0. The van der Waals surface area contributed by atoms with Crippen molar-refractivity contribution in [2.75, 3.05) is 19.8 Å². The minimum absolute atomic E-state index is 0.776. The highest BCUT2D eigenvalue weighted by atomic mass is 16.5. The monoisotopic (exact) mass is 267 g/mol. The van der Waals surface area contributed by atoms with Gasteiger partial charge in [-0.2, -0.15) is 0 Å². The van der Waals surface area contributed by atoms with Gasteiger partial charge in [0.2, 0.25) is 0 Å². The molecule has 0 aliphatic heterocycles. The molecule has 2 aliphatic carbocycles. The largest absolute Gasteiger partial charge is 0.381 e. The van der Waals surface area contributed by atoms with Crippen molar-refractivity contribution < 1.29 is 4.74 Å². The Morgan fingerprint density at radius 3 is 2.63 bits per heavy atom. The van der Waals surface area contributed by atoms with Crippen LogP contribution in [-0.4, -0.2) is 25.8 Å².